The molecule has 0 amide bonds. The fraction of sp³-hybridized carbons (Fsp3) is 0. The summed E-state index contributed by atoms with van der Waals surface area (Å²) in [7, 11) is -50.3. The summed E-state index contributed by atoms with van der Waals surface area (Å²) < 4.78 is 310. The zero-order valence-electron chi connectivity index (χ0n) is 47.8. The van der Waals surface area contributed by atoms with Crippen LogP contribution in [-0.4, -0.2) is 122 Å². The molecule has 0 saturated carbocycles. The molecule has 0 unspecified atom stereocenters. The van der Waals surface area contributed by atoms with Gasteiger partial charge in [-0.25, -0.2) is 75.8 Å². The molecule has 42 heteroatoms. The zero-order valence-corrected chi connectivity index (χ0v) is 61.7. The largest absolute Gasteiger partial charge is 1.00 e. The Balaban J connectivity index is 0.000000302. The predicted octanol–water partition coefficient (Wildman–Crippen LogP) is -4.15. The Hall–Kier alpha value is -4.92. The van der Waals surface area contributed by atoms with Gasteiger partial charge in [-0.15, -0.1) is 0 Å². The second kappa shape index (κ2) is 32.6. The monoisotopic (exact) mass is 1650 g/mol. The third-order valence-electron chi connectivity index (χ3n) is 12.7. The van der Waals surface area contributed by atoms with Gasteiger partial charge in [0.25, 0.3) is 0 Å². The summed E-state index contributed by atoms with van der Waals surface area (Å²) in [5.41, 5.74) is 0. The molecule has 0 atom stereocenters. The van der Waals surface area contributed by atoms with Crippen molar-refractivity contribution < 1.29 is 172 Å². The first-order chi connectivity index (χ1) is 42.8. The van der Waals surface area contributed by atoms with Crippen molar-refractivity contribution >= 4 is 163 Å². The van der Waals surface area contributed by atoms with E-state index in [9.17, 15) is 117 Å². The van der Waals surface area contributed by atoms with E-state index in [0.29, 0.717) is 47.7 Å². The second-order valence-corrected chi connectivity index (χ2v) is 38.8. The molecule has 0 aliphatic rings. The molecule has 9 aromatic rings. The first-order valence-electron chi connectivity index (χ1n) is 25.0. The van der Waals surface area contributed by atoms with Crippen LogP contribution in [0.5, 0.6) is 0 Å². The van der Waals surface area contributed by atoms with Gasteiger partial charge >= 0.3 is 29.6 Å². The van der Waals surface area contributed by atoms with Crippen LogP contribution in [0.2, 0.25) is 0 Å². The van der Waals surface area contributed by atoms with Crippen LogP contribution in [0.15, 0.2) is 262 Å². The number of hydrogen-bond donors (Lipinski definition) is 0. The van der Waals surface area contributed by atoms with Gasteiger partial charge in [0.05, 0.1) is 67.8 Å². The minimum Gasteiger partial charge on any atom is -0.744 e. The molecule has 0 fully saturated rings. The van der Waals surface area contributed by atoms with Crippen LogP contribution in [0.25, 0.3) is 0 Å². The van der Waals surface area contributed by atoms with Crippen molar-refractivity contribution in [1.82, 2.24) is 0 Å². The van der Waals surface area contributed by atoms with Crippen LogP contribution < -0.4 is 77.3 Å². The quantitative estimate of drug-likeness (QED) is 0.0447. The summed E-state index contributed by atoms with van der Waals surface area (Å²) >= 11 is 0. The average molecular weight is 1650 g/mol. The Morgan fingerprint density at radius 3 is 0.344 bits per heavy atom. The van der Waals surface area contributed by atoms with E-state index in [1.807, 2.05) is 0 Å². The van der Waals surface area contributed by atoms with E-state index in [-0.39, 0.29) is 55.5 Å². The molecule has 28 nitrogen and oxygen atoms in total. The van der Waals surface area contributed by atoms with Gasteiger partial charge < -0.3 is 46.5 Å². The van der Waals surface area contributed by atoms with Gasteiger partial charge in [0.2, 0.25) is 0 Å². The van der Waals surface area contributed by atoms with Crippen LogP contribution in [0.3, 0.4) is 0 Å². The number of benzene rings is 9. The van der Waals surface area contributed by atoms with E-state index in [1.165, 1.54) is 109 Å². The molecule has 0 spiro atoms. The first kappa shape index (κ1) is 83.5. The third kappa shape index (κ3) is 22.5. The van der Waals surface area contributed by atoms with Gasteiger partial charge in [0.1, 0.15) is 139 Å². The van der Waals surface area contributed by atoms with E-state index in [0.717, 1.165) is 109 Å². The molecule has 0 aromatic heterocycles. The normalized spacial score (nSPS) is 12.4. The molecule has 0 aliphatic carbocycles. The van der Waals surface area contributed by atoms with E-state index in [1.54, 1.807) is 0 Å². The van der Waals surface area contributed by atoms with Gasteiger partial charge in [-0.3, -0.25) is 0 Å². The van der Waals surface area contributed by atoms with E-state index >= 15 is 0 Å². The molecule has 0 heterocycles. The van der Waals surface area contributed by atoms with Gasteiger partial charge in [0.15, 0.2) is 0 Å². The van der Waals surface area contributed by atoms with Crippen LogP contribution in [0.1, 0.15) is 0 Å². The summed E-state index contributed by atoms with van der Waals surface area (Å²) in [4.78, 5) is -4.81. The maximum atomic E-state index is 11.5. The first-order valence-corrected chi connectivity index (χ1v) is 42.2. The SMILES string of the molecule is O.O=S(=O)([O-])c1cccc([PH+](c2cccc(S(=O)(=O)[O-])c2)c2cccc(S(=O)(=O)[O-])c2)c1.O=S(=O)([O-])c1cccc([PH+](c2cccc(S(=O)(=O)[O-])c2)c2cccc(S(=O)(=O)[O-])c2)c1.O=S(=O)([O-])c1cccc([PH+](c2cccc(S(=O)(=O)[O-])c2)c2cccc(S(=O)(=O)[O-])c2)c1.[Na+].[Pd]. The Labute approximate surface area is 591 Å². The van der Waals surface area contributed by atoms with Crippen LogP contribution in [0, 0.1) is 0 Å². The Morgan fingerprint density at radius 2 is 0.271 bits per heavy atom. The molecule has 0 saturated heterocycles. The molecular formula is C54H41NaO28P3PdS9-5. The summed E-state index contributed by atoms with van der Waals surface area (Å²) in [6.07, 6.45) is 0. The summed E-state index contributed by atoms with van der Waals surface area (Å²) in [6.45, 7) is 0. The summed E-state index contributed by atoms with van der Waals surface area (Å²) in [5.74, 6) is 0. The Bertz CT molecular complexity index is 4410. The molecule has 0 bridgehead atoms. The van der Waals surface area contributed by atoms with Gasteiger partial charge in [-0.05, 0) is 164 Å². The molecule has 510 valence electrons. The molecule has 2 N–H and O–H groups in total. The maximum absolute atomic E-state index is 11.5. The van der Waals surface area contributed by atoms with Crippen molar-refractivity contribution in [2.45, 2.75) is 44.1 Å². The number of rotatable bonds is 18. The average Bonchev–Trinajstić information content (AvgIpc) is 0.794. The van der Waals surface area contributed by atoms with Crippen molar-refractivity contribution in [1.29, 1.82) is 0 Å². The van der Waals surface area contributed by atoms with Crippen molar-refractivity contribution in [3.05, 3.63) is 218 Å². The van der Waals surface area contributed by atoms with Crippen LogP contribution in [0.4, 0.5) is 0 Å². The molecule has 96 heavy (non-hydrogen) atoms. The number of hydrogen-bond acceptors (Lipinski definition) is 27. The smallest absolute Gasteiger partial charge is 0.744 e. The van der Waals surface area contributed by atoms with E-state index < -0.39 is 159 Å². The standard InChI is InChI=1S/3C18H15O9PS3.Na.H2O.Pd/c3*19-29(20,21)16-7-1-4-13(10-16)28(14-5-2-8-17(11-14)30(22,23)24)15-6-3-9-18(12-15)31(25,26)27;;;/h3*1-12H,(H,19,20,21)(H,22,23,24)(H,25,26,27);;1H2;/q;;;+1;;/p-6. The van der Waals surface area contributed by atoms with Gasteiger partial charge in [-0.1, -0.05) is 54.6 Å². The second-order valence-electron chi connectivity index (χ2n) is 19.0. The van der Waals surface area contributed by atoms with Crippen molar-refractivity contribution in [2.75, 3.05) is 0 Å². The fourth-order valence-electron chi connectivity index (χ4n) is 8.76. The van der Waals surface area contributed by atoms with Crippen LogP contribution >= 0.6 is 23.8 Å². The maximum Gasteiger partial charge on any atom is 1.00 e. The van der Waals surface area contributed by atoms with E-state index in [2.05, 4.69) is 0 Å². The molecule has 0 aliphatic heterocycles. The third-order valence-corrected chi connectivity index (χ3v) is 28.2. The minimum atomic E-state index is -4.81. The predicted molar refractivity (Wildman–Crippen MR) is 335 cm³/mol. The zero-order chi connectivity index (χ0) is 69.1. The van der Waals surface area contributed by atoms with Crippen molar-refractivity contribution in [3.8, 4) is 0 Å². The molecular weight excluding hydrogens is 1610 g/mol. The van der Waals surface area contributed by atoms with Crippen molar-refractivity contribution in [2.24, 2.45) is 0 Å². The summed E-state index contributed by atoms with van der Waals surface area (Å²) in [5, 5.41) is 2.65. The molecule has 9 rings (SSSR count). The Morgan fingerprint density at radius 1 is 0.188 bits per heavy atom. The Kier molecular flexibility index (Phi) is 28.4. The minimum absolute atomic E-state index is 0. The van der Waals surface area contributed by atoms with Crippen LogP contribution in [-0.2, 0) is 111 Å². The fourth-order valence-corrected chi connectivity index (χ4v) is 22.4. The van der Waals surface area contributed by atoms with E-state index in [4.69, 9.17) is 0 Å². The van der Waals surface area contributed by atoms with Gasteiger partial charge in [-0.2, -0.15) is 0 Å². The van der Waals surface area contributed by atoms with Gasteiger partial charge in [0, 0.05) is 20.4 Å². The molecule has 0 radical (unpaired) electrons. The topological polar surface area (TPSA) is 546 Å². The molecule has 9 aromatic carbocycles. The van der Waals surface area contributed by atoms with Crippen molar-refractivity contribution in [3.63, 3.8) is 0 Å². The summed E-state index contributed by atoms with van der Waals surface area (Å²) in [6, 6.07) is 44.9.